The van der Waals surface area contributed by atoms with Crippen LogP contribution in [-0.4, -0.2) is 34.2 Å². The largest absolute Gasteiger partial charge is 0.475 e. The molecule has 0 aliphatic rings. The van der Waals surface area contributed by atoms with E-state index in [-0.39, 0.29) is 18.4 Å². The SMILES string of the molecule is Cc1[nH]ncc1C(=O)NCCOc1ncc(Cl)cc1Cl. The molecule has 0 saturated carbocycles. The molecule has 2 aromatic rings. The quantitative estimate of drug-likeness (QED) is 0.829. The second-order valence-corrected chi connectivity index (χ2v) is 4.80. The van der Waals surface area contributed by atoms with Crippen molar-refractivity contribution in [1.82, 2.24) is 20.5 Å². The molecule has 0 bridgehead atoms. The van der Waals surface area contributed by atoms with Crippen molar-refractivity contribution in [1.29, 1.82) is 0 Å². The van der Waals surface area contributed by atoms with Gasteiger partial charge in [0.1, 0.15) is 11.6 Å². The number of carbonyl (C=O) groups excluding carboxylic acids is 1. The third kappa shape index (κ3) is 3.61. The van der Waals surface area contributed by atoms with Crippen LogP contribution in [0.1, 0.15) is 16.1 Å². The highest BCUT2D eigenvalue weighted by Gasteiger charge is 2.10. The van der Waals surface area contributed by atoms with Crippen LogP contribution in [0.3, 0.4) is 0 Å². The maximum Gasteiger partial charge on any atom is 0.254 e. The summed E-state index contributed by atoms with van der Waals surface area (Å²) < 4.78 is 5.35. The molecule has 2 heterocycles. The van der Waals surface area contributed by atoms with Gasteiger partial charge in [-0.3, -0.25) is 9.89 Å². The molecule has 0 radical (unpaired) electrons. The Morgan fingerprint density at radius 3 is 2.90 bits per heavy atom. The summed E-state index contributed by atoms with van der Waals surface area (Å²) >= 11 is 11.6. The Hall–Kier alpha value is -1.79. The van der Waals surface area contributed by atoms with E-state index in [9.17, 15) is 4.79 Å². The summed E-state index contributed by atoms with van der Waals surface area (Å²) in [6, 6.07) is 1.54. The van der Waals surface area contributed by atoms with Gasteiger partial charge in [-0.2, -0.15) is 5.10 Å². The summed E-state index contributed by atoms with van der Waals surface area (Å²) in [6.45, 7) is 2.34. The van der Waals surface area contributed by atoms with Gasteiger partial charge in [-0.1, -0.05) is 23.2 Å². The second kappa shape index (κ2) is 6.58. The number of aryl methyl sites for hydroxylation is 1. The highest BCUT2D eigenvalue weighted by Crippen LogP contribution is 2.24. The van der Waals surface area contributed by atoms with Crippen molar-refractivity contribution in [3.05, 3.63) is 39.8 Å². The fraction of sp³-hybridized carbons (Fsp3) is 0.250. The van der Waals surface area contributed by atoms with Crippen LogP contribution >= 0.6 is 23.2 Å². The molecule has 2 aromatic heterocycles. The van der Waals surface area contributed by atoms with Crippen molar-refractivity contribution in [2.45, 2.75) is 6.92 Å². The fourth-order valence-electron chi connectivity index (χ4n) is 1.50. The van der Waals surface area contributed by atoms with Crippen LogP contribution in [0.15, 0.2) is 18.5 Å². The molecule has 0 aliphatic carbocycles. The first kappa shape index (κ1) is 14.6. The molecule has 2 N–H and O–H groups in total. The molecule has 8 heteroatoms. The summed E-state index contributed by atoms with van der Waals surface area (Å²) in [4.78, 5) is 15.7. The molecular weight excluding hydrogens is 303 g/mol. The van der Waals surface area contributed by atoms with Crippen molar-refractivity contribution >= 4 is 29.1 Å². The topological polar surface area (TPSA) is 79.9 Å². The zero-order valence-corrected chi connectivity index (χ0v) is 12.1. The molecule has 0 atom stereocenters. The van der Waals surface area contributed by atoms with Crippen molar-refractivity contribution in [2.75, 3.05) is 13.2 Å². The Labute approximate surface area is 125 Å². The third-order valence-electron chi connectivity index (χ3n) is 2.47. The average Bonchev–Trinajstić information content (AvgIpc) is 2.83. The fourth-order valence-corrected chi connectivity index (χ4v) is 1.93. The molecule has 0 saturated heterocycles. The van der Waals surface area contributed by atoms with Gasteiger partial charge < -0.3 is 10.1 Å². The van der Waals surface area contributed by atoms with Gasteiger partial charge in [0.2, 0.25) is 5.88 Å². The Bertz CT molecular complexity index is 615. The third-order valence-corrected chi connectivity index (χ3v) is 2.95. The van der Waals surface area contributed by atoms with Crippen molar-refractivity contribution in [2.24, 2.45) is 0 Å². The number of H-pyrrole nitrogens is 1. The molecule has 0 aromatic carbocycles. The zero-order valence-electron chi connectivity index (χ0n) is 10.6. The van der Waals surface area contributed by atoms with Gasteiger partial charge in [-0.15, -0.1) is 0 Å². The number of amides is 1. The number of pyridine rings is 1. The lowest BCUT2D eigenvalue weighted by Crippen LogP contribution is -2.28. The zero-order chi connectivity index (χ0) is 14.5. The highest BCUT2D eigenvalue weighted by molar-refractivity contribution is 6.35. The molecule has 0 unspecified atom stereocenters. The minimum atomic E-state index is -0.213. The van der Waals surface area contributed by atoms with Crippen molar-refractivity contribution < 1.29 is 9.53 Å². The summed E-state index contributed by atoms with van der Waals surface area (Å²) in [5, 5.41) is 9.95. The van der Waals surface area contributed by atoms with Crippen LogP contribution in [-0.2, 0) is 0 Å². The molecule has 0 spiro atoms. The highest BCUT2D eigenvalue weighted by atomic mass is 35.5. The monoisotopic (exact) mass is 314 g/mol. The number of nitrogens with zero attached hydrogens (tertiary/aromatic N) is 2. The number of ether oxygens (including phenoxy) is 1. The van der Waals surface area contributed by atoms with E-state index < -0.39 is 0 Å². The van der Waals surface area contributed by atoms with E-state index in [1.807, 2.05) is 0 Å². The molecule has 1 amide bonds. The van der Waals surface area contributed by atoms with Crippen molar-refractivity contribution in [3.8, 4) is 5.88 Å². The van der Waals surface area contributed by atoms with Crippen LogP contribution in [0, 0.1) is 6.92 Å². The first-order chi connectivity index (χ1) is 9.58. The lowest BCUT2D eigenvalue weighted by molar-refractivity contribution is 0.0946. The summed E-state index contributed by atoms with van der Waals surface area (Å²) in [6.07, 6.45) is 2.92. The summed E-state index contributed by atoms with van der Waals surface area (Å²) in [5.41, 5.74) is 1.22. The van der Waals surface area contributed by atoms with E-state index >= 15 is 0 Å². The molecule has 6 nitrogen and oxygen atoms in total. The summed E-state index contributed by atoms with van der Waals surface area (Å²) in [7, 11) is 0. The molecule has 20 heavy (non-hydrogen) atoms. The van der Waals surface area contributed by atoms with Gasteiger partial charge >= 0.3 is 0 Å². The van der Waals surface area contributed by atoms with Crippen LogP contribution in [0.5, 0.6) is 5.88 Å². The summed E-state index contributed by atoms with van der Waals surface area (Å²) in [5.74, 6) is 0.0693. The molecular formula is C12H12Cl2N4O2. The van der Waals surface area contributed by atoms with Gasteiger partial charge in [-0.05, 0) is 13.0 Å². The first-order valence-corrected chi connectivity index (χ1v) is 6.55. The van der Waals surface area contributed by atoms with E-state index in [1.165, 1.54) is 12.4 Å². The Morgan fingerprint density at radius 2 is 2.25 bits per heavy atom. The molecule has 0 aliphatic heterocycles. The molecule has 0 fully saturated rings. The number of aromatic nitrogens is 3. The van der Waals surface area contributed by atoms with E-state index in [2.05, 4.69) is 20.5 Å². The lowest BCUT2D eigenvalue weighted by atomic mass is 10.2. The van der Waals surface area contributed by atoms with Gasteiger partial charge in [0.25, 0.3) is 5.91 Å². The Kier molecular flexibility index (Phi) is 4.81. The van der Waals surface area contributed by atoms with Crippen LogP contribution in [0.25, 0.3) is 0 Å². The first-order valence-electron chi connectivity index (χ1n) is 5.80. The molecule has 106 valence electrons. The normalized spacial score (nSPS) is 10.3. The smallest absolute Gasteiger partial charge is 0.254 e. The standard InChI is InChI=1S/C12H12Cl2N4O2/c1-7-9(6-17-18-7)11(19)15-2-3-20-12-10(14)4-8(13)5-16-12/h4-6H,2-3H2,1H3,(H,15,19)(H,17,18). The van der Waals surface area contributed by atoms with Crippen molar-refractivity contribution in [3.63, 3.8) is 0 Å². The lowest BCUT2D eigenvalue weighted by Gasteiger charge is -2.08. The predicted molar refractivity (Wildman–Crippen MR) is 75.4 cm³/mol. The predicted octanol–water partition coefficient (Wildman–Crippen LogP) is 2.23. The van der Waals surface area contributed by atoms with E-state index in [0.29, 0.717) is 27.8 Å². The van der Waals surface area contributed by atoms with Crippen LogP contribution in [0.4, 0.5) is 0 Å². The number of hydrogen-bond donors (Lipinski definition) is 2. The minimum absolute atomic E-state index is 0.213. The minimum Gasteiger partial charge on any atom is -0.475 e. The van der Waals surface area contributed by atoms with Gasteiger partial charge in [0.15, 0.2) is 0 Å². The number of hydrogen-bond acceptors (Lipinski definition) is 4. The van der Waals surface area contributed by atoms with Crippen LogP contribution in [0.2, 0.25) is 10.0 Å². The number of carbonyl (C=O) groups is 1. The number of nitrogens with one attached hydrogen (secondary N) is 2. The Morgan fingerprint density at radius 1 is 1.45 bits per heavy atom. The van der Waals surface area contributed by atoms with Gasteiger partial charge in [0, 0.05) is 11.9 Å². The maximum atomic E-state index is 11.8. The van der Waals surface area contributed by atoms with Gasteiger partial charge in [-0.25, -0.2) is 4.98 Å². The number of rotatable bonds is 5. The van der Waals surface area contributed by atoms with Crippen LogP contribution < -0.4 is 10.1 Å². The molecule has 2 rings (SSSR count). The maximum absolute atomic E-state index is 11.8. The van der Waals surface area contributed by atoms with Gasteiger partial charge in [0.05, 0.1) is 23.3 Å². The second-order valence-electron chi connectivity index (χ2n) is 3.95. The van der Waals surface area contributed by atoms with E-state index in [4.69, 9.17) is 27.9 Å². The average molecular weight is 315 g/mol. The van der Waals surface area contributed by atoms with E-state index in [1.54, 1.807) is 13.0 Å². The number of halogens is 2. The Balaban J connectivity index is 1.79. The number of aromatic amines is 1. The van der Waals surface area contributed by atoms with E-state index in [0.717, 1.165) is 0 Å².